The van der Waals surface area contributed by atoms with E-state index in [-0.39, 0.29) is 10.8 Å². The van der Waals surface area contributed by atoms with Gasteiger partial charge in [0.2, 0.25) is 15.9 Å². The molecule has 0 aromatic heterocycles. The van der Waals surface area contributed by atoms with E-state index in [9.17, 15) is 13.2 Å². The highest BCUT2D eigenvalue weighted by Gasteiger charge is 2.27. The van der Waals surface area contributed by atoms with Crippen LogP contribution >= 0.6 is 0 Å². The molecule has 1 amide bonds. The Hall–Kier alpha value is -1.40. The van der Waals surface area contributed by atoms with Crippen molar-refractivity contribution >= 4 is 21.6 Å². The fourth-order valence-corrected chi connectivity index (χ4v) is 3.94. The molecule has 0 unspecified atom stereocenters. The van der Waals surface area contributed by atoms with Gasteiger partial charge in [0.05, 0.1) is 4.90 Å². The van der Waals surface area contributed by atoms with Crippen molar-refractivity contribution in [1.82, 2.24) is 4.31 Å². The summed E-state index contributed by atoms with van der Waals surface area (Å²) < 4.78 is 26.7. The summed E-state index contributed by atoms with van der Waals surface area (Å²) in [5.41, 5.74) is 0.174. The number of hydrogen-bond donors (Lipinski definition) is 1. The maximum atomic E-state index is 12.6. The van der Waals surface area contributed by atoms with Crippen LogP contribution in [0.3, 0.4) is 0 Å². The number of carbonyl (C=O) groups is 1. The van der Waals surface area contributed by atoms with E-state index in [0.29, 0.717) is 18.8 Å². The first-order valence-electron chi connectivity index (χ1n) is 8.19. The summed E-state index contributed by atoms with van der Waals surface area (Å²) in [5.74, 6) is -0.0633. The van der Waals surface area contributed by atoms with E-state index in [0.717, 1.165) is 25.7 Å². The van der Waals surface area contributed by atoms with Crippen LogP contribution in [0.25, 0.3) is 0 Å². The molecule has 1 saturated heterocycles. The SMILES string of the molecule is CCC(C)(C)C(=O)Nc1ccc(S(=O)(=O)N2CCCCC2)cc1. The Kier molecular flexibility index (Phi) is 5.47. The molecular weight excluding hydrogens is 312 g/mol. The van der Waals surface area contributed by atoms with Crippen molar-refractivity contribution in [1.29, 1.82) is 0 Å². The fraction of sp³-hybridized carbons (Fsp3) is 0.588. The summed E-state index contributed by atoms with van der Waals surface area (Å²) in [7, 11) is -3.42. The molecule has 1 aliphatic rings. The minimum absolute atomic E-state index is 0.0633. The second-order valence-electron chi connectivity index (χ2n) is 6.68. The van der Waals surface area contributed by atoms with Crippen molar-refractivity contribution in [3.8, 4) is 0 Å². The molecule has 2 rings (SSSR count). The molecule has 1 aromatic carbocycles. The van der Waals surface area contributed by atoms with Gasteiger partial charge in [0.25, 0.3) is 0 Å². The maximum Gasteiger partial charge on any atom is 0.243 e. The Morgan fingerprint density at radius 2 is 1.70 bits per heavy atom. The van der Waals surface area contributed by atoms with E-state index in [2.05, 4.69) is 5.32 Å². The highest BCUT2D eigenvalue weighted by molar-refractivity contribution is 7.89. The second kappa shape index (κ2) is 7.01. The lowest BCUT2D eigenvalue weighted by Crippen LogP contribution is -2.35. The van der Waals surface area contributed by atoms with E-state index in [1.165, 1.54) is 0 Å². The van der Waals surface area contributed by atoms with Crippen LogP contribution in [0, 0.1) is 5.41 Å². The molecule has 5 nitrogen and oxygen atoms in total. The third-order valence-electron chi connectivity index (χ3n) is 4.56. The van der Waals surface area contributed by atoms with Crippen LogP contribution in [0.1, 0.15) is 46.5 Å². The second-order valence-corrected chi connectivity index (χ2v) is 8.62. The third kappa shape index (κ3) is 4.12. The highest BCUT2D eigenvalue weighted by atomic mass is 32.2. The van der Waals surface area contributed by atoms with Gasteiger partial charge in [0.1, 0.15) is 0 Å². The number of sulfonamides is 1. The molecule has 1 heterocycles. The molecule has 1 aromatic rings. The number of amides is 1. The Morgan fingerprint density at radius 3 is 2.22 bits per heavy atom. The van der Waals surface area contributed by atoms with E-state index in [4.69, 9.17) is 0 Å². The van der Waals surface area contributed by atoms with Crippen molar-refractivity contribution in [2.45, 2.75) is 51.3 Å². The fourth-order valence-electron chi connectivity index (χ4n) is 2.43. The Morgan fingerprint density at radius 1 is 1.13 bits per heavy atom. The smallest absolute Gasteiger partial charge is 0.243 e. The minimum atomic E-state index is -3.42. The van der Waals surface area contributed by atoms with E-state index in [1.54, 1.807) is 28.6 Å². The third-order valence-corrected chi connectivity index (χ3v) is 6.48. The number of benzene rings is 1. The van der Waals surface area contributed by atoms with Crippen LogP contribution in [-0.4, -0.2) is 31.7 Å². The zero-order valence-electron chi connectivity index (χ0n) is 14.1. The Balaban J connectivity index is 2.11. The first kappa shape index (κ1) is 17.9. The topological polar surface area (TPSA) is 66.5 Å². The number of nitrogens with zero attached hydrogens (tertiary/aromatic N) is 1. The van der Waals surface area contributed by atoms with Gasteiger partial charge in [-0.3, -0.25) is 4.79 Å². The van der Waals surface area contributed by atoms with E-state index in [1.807, 2.05) is 20.8 Å². The van der Waals surface area contributed by atoms with Crippen molar-refractivity contribution in [2.24, 2.45) is 5.41 Å². The van der Waals surface area contributed by atoms with E-state index >= 15 is 0 Å². The van der Waals surface area contributed by atoms with Gasteiger partial charge in [-0.1, -0.05) is 27.2 Å². The number of piperidine rings is 1. The van der Waals surface area contributed by atoms with E-state index < -0.39 is 15.4 Å². The standard InChI is InChI=1S/C17H26N2O3S/c1-4-17(2,3)16(20)18-14-8-10-15(11-9-14)23(21,22)19-12-6-5-7-13-19/h8-11H,4-7,12-13H2,1-3H3,(H,18,20). The number of carbonyl (C=O) groups excluding carboxylic acids is 1. The zero-order valence-corrected chi connectivity index (χ0v) is 14.9. The summed E-state index contributed by atoms with van der Waals surface area (Å²) >= 11 is 0. The molecule has 0 radical (unpaired) electrons. The lowest BCUT2D eigenvalue weighted by Gasteiger charge is -2.26. The van der Waals surface area contributed by atoms with Crippen LogP contribution in [0.2, 0.25) is 0 Å². The van der Waals surface area contributed by atoms with Crippen LogP contribution in [-0.2, 0) is 14.8 Å². The molecule has 0 spiro atoms. The molecule has 0 atom stereocenters. The van der Waals surface area contributed by atoms with Crippen molar-refractivity contribution in [3.05, 3.63) is 24.3 Å². The van der Waals surface area contributed by atoms with Gasteiger partial charge in [0.15, 0.2) is 0 Å². The molecular formula is C17H26N2O3S. The monoisotopic (exact) mass is 338 g/mol. The number of rotatable bonds is 5. The van der Waals surface area contributed by atoms with Gasteiger partial charge in [-0.2, -0.15) is 4.31 Å². The van der Waals surface area contributed by atoms with Gasteiger partial charge >= 0.3 is 0 Å². The van der Waals surface area contributed by atoms with Crippen molar-refractivity contribution in [3.63, 3.8) is 0 Å². The first-order chi connectivity index (χ1) is 10.8. The summed E-state index contributed by atoms with van der Waals surface area (Å²) in [4.78, 5) is 12.4. The average Bonchev–Trinajstić information content (AvgIpc) is 2.56. The largest absolute Gasteiger partial charge is 0.326 e. The number of hydrogen-bond acceptors (Lipinski definition) is 3. The average molecular weight is 338 g/mol. The summed E-state index contributed by atoms with van der Waals surface area (Å²) in [6, 6.07) is 6.44. The summed E-state index contributed by atoms with van der Waals surface area (Å²) in [6.07, 6.45) is 3.66. The van der Waals surface area contributed by atoms with Crippen LogP contribution in [0.4, 0.5) is 5.69 Å². The Labute approximate surface area is 139 Å². The van der Waals surface area contributed by atoms with Crippen LogP contribution in [0.5, 0.6) is 0 Å². The summed E-state index contributed by atoms with van der Waals surface area (Å²) in [6.45, 7) is 6.92. The van der Waals surface area contributed by atoms with Gasteiger partial charge in [0, 0.05) is 24.2 Å². The number of anilines is 1. The Bertz CT molecular complexity index is 645. The molecule has 0 aliphatic carbocycles. The van der Waals surface area contributed by atoms with Gasteiger partial charge < -0.3 is 5.32 Å². The van der Waals surface area contributed by atoms with Gasteiger partial charge in [-0.05, 0) is 43.5 Å². The van der Waals surface area contributed by atoms with Crippen LogP contribution < -0.4 is 5.32 Å². The predicted molar refractivity (Wildman–Crippen MR) is 91.8 cm³/mol. The normalized spacial score (nSPS) is 17.0. The molecule has 6 heteroatoms. The lowest BCUT2D eigenvalue weighted by molar-refractivity contribution is -0.124. The van der Waals surface area contributed by atoms with Gasteiger partial charge in [-0.15, -0.1) is 0 Å². The predicted octanol–water partition coefficient (Wildman–Crippen LogP) is 3.24. The molecule has 1 N–H and O–H groups in total. The first-order valence-corrected chi connectivity index (χ1v) is 9.63. The van der Waals surface area contributed by atoms with Crippen molar-refractivity contribution < 1.29 is 13.2 Å². The van der Waals surface area contributed by atoms with Gasteiger partial charge in [-0.25, -0.2) is 8.42 Å². The molecule has 0 saturated carbocycles. The highest BCUT2D eigenvalue weighted by Crippen LogP contribution is 2.24. The minimum Gasteiger partial charge on any atom is -0.326 e. The van der Waals surface area contributed by atoms with Crippen LogP contribution in [0.15, 0.2) is 29.2 Å². The lowest BCUT2D eigenvalue weighted by atomic mass is 9.89. The molecule has 23 heavy (non-hydrogen) atoms. The summed E-state index contributed by atoms with van der Waals surface area (Å²) in [5, 5.41) is 2.84. The molecule has 1 aliphatic heterocycles. The zero-order chi connectivity index (χ0) is 17.1. The quantitative estimate of drug-likeness (QED) is 0.896. The molecule has 0 bridgehead atoms. The molecule has 128 valence electrons. The maximum absolute atomic E-state index is 12.6. The number of nitrogens with one attached hydrogen (secondary N) is 1. The van der Waals surface area contributed by atoms with Crippen molar-refractivity contribution in [2.75, 3.05) is 18.4 Å². The molecule has 1 fully saturated rings.